The number of aromatic nitrogens is 2. The lowest BCUT2D eigenvalue weighted by molar-refractivity contribution is -0.235. The molecular formula is C16H19IN2O5. The SMILES string of the molecule is C[C@@]12OC3(CCCC3)OC1(CI)[C@H]1COc3nc(=O)ccn3[C@@H]2O1. The normalized spacial score (nSPS) is 41.8. The molecule has 5 rings (SSSR count). The first kappa shape index (κ1) is 15.5. The molecule has 4 heterocycles. The smallest absolute Gasteiger partial charge is 0.302 e. The maximum Gasteiger partial charge on any atom is 0.302 e. The second kappa shape index (κ2) is 4.93. The van der Waals surface area contributed by atoms with Crippen LogP contribution in [0.4, 0.5) is 0 Å². The predicted molar refractivity (Wildman–Crippen MR) is 91.3 cm³/mol. The highest BCUT2D eigenvalue weighted by molar-refractivity contribution is 14.1. The molecule has 3 aliphatic heterocycles. The first-order valence-corrected chi connectivity index (χ1v) is 9.88. The summed E-state index contributed by atoms with van der Waals surface area (Å²) in [4.78, 5) is 15.6. The summed E-state index contributed by atoms with van der Waals surface area (Å²) in [6.45, 7) is 2.36. The predicted octanol–water partition coefficient (Wildman–Crippen LogP) is 1.78. The summed E-state index contributed by atoms with van der Waals surface area (Å²) in [5.41, 5.74) is -1.54. The number of fused-ring (bicyclic) bond motifs is 7. The van der Waals surface area contributed by atoms with Gasteiger partial charge < -0.3 is 18.9 Å². The average molecular weight is 446 g/mol. The summed E-state index contributed by atoms with van der Waals surface area (Å²) in [6, 6.07) is 1.71. The zero-order chi connectivity index (χ0) is 16.6. The minimum absolute atomic E-state index is 0.263. The van der Waals surface area contributed by atoms with Crippen LogP contribution in [-0.4, -0.2) is 43.7 Å². The van der Waals surface area contributed by atoms with E-state index in [9.17, 15) is 4.79 Å². The lowest BCUT2D eigenvalue weighted by Gasteiger charge is -2.37. The largest absolute Gasteiger partial charge is 0.462 e. The number of alkyl halides is 1. The summed E-state index contributed by atoms with van der Waals surface area (Å²) in [6.07, 6.45) is 5.04. The van der Waals surface area contributed by atoms with Crippen molar-refractivity contribution >= 4 is 22.6 Å². The second-order valence-corrected chi connectivity index (χ2v) is 7.96. The van der Waals surface area contributed by atoms with Crippen LogP contribution in [0.15, 0.2) is 17.1 Å². The Balaban J connectivity index is 1.67. The standard InChI is InChI=1S/C16H19IN2O5/c1-14-12-19-7-4-11(20)18-13(19)21-8-10(22-12)16(14,9-17)24-15(23-14)5-2-3-6-15/h4,7,10,12H,2-3,5-6,8-9H2,1H3/t10-,12-,14+,16?/m1/s1. The average Bonchev–Trinajstić information content (AvgIpc) is 3.11. The molecule has 0 N–H and O–H groups in total. The zero-order valence-electron chi connectivity index (χ0n) is 13.4. The molecule has 1 aromatic heterocycles. The van der Waals surface area contributed by atoms with E-state index in [0.717, 1.165) is 30.1 Å². The second-order valence-electron chi connectivity index (χ2n) is 7.20. The minimum Gasteiger partial charge on any atom is -0.462 e. The van der Waals surface area contributed by atoms with Crippen molar-refractivity contribution in [3.05, 3.63) is 22.6 Å². The van der Waals surface area contributed by atoms with Crippen molar-refractivity contribution in [1.29, 1.82) is 0 Å². The maximum absolute atomic E-state index is 11.6. The van der Waals surface area contributed by atoms with Crippen LogP contribution >= 0.6 is 22.6 Å². The lowest BCUT2D eigenvalue weighted by Crippen LogP contribution is -2.57. The van der Waals surface area contributed by atoms with E-state index >= 15 is 0 Å². The Morgan fingerprint density at radius 1 is 1.38 bits per heavy atom. The van der Waals surface area contributed by atoms with Gasteiger partial charge in [0.15, 0.2) is 12.0 Å². The maximum atomic E-state index is 11.6. The fourth-order valence-electron chi connectivity index (χ4n) is 4.67. The quantitative estimate of drug-likeness (QED) is 0.484. The van der Waals surface area contributed by atoms with Crippen LogP contribution in [0.5, 0.6) is 6.01 Å². The Labute approximate surface area is 152 Å². The molecule has 2 bridgehead atoms. The summed E-state index contributed by atoms with van der Waals surface area (Å²) in [7, 11) is 0. The lowest BCUT2D eigenvalue weighted by atomic mass is 9.83. The monoisotopic (exact) mass is 446 g/mol. The Bertz CT molecular complexity index is 748. The van der Waals surface area contributed by atoms with E-state index in [-0.39, 0.29) is 17.7 Å². The van der Waals surface area contributed by atoms with Crippen molar-refractivity contribution in [2.24, 2.45) is 0 Å². The van der Waals surface area contributed by atoms with Crippen LogP contribution in [0.1, 0.15) is 38.8 Å². The third-order valence-electron chi connectivity index (χ3n) is 5.88. The number of rotatable bonds is 1. The molecule has 4 aliphatic rings. The number of nitrogens with zero attached hydrogens (tertiary/aromatic N) is 2. The highest BCUT2D eigenvalue weighted by atomic mass is 127. The van der Waals surface area contributed by atoms with E-state index in [0.29, 0.717) is 6.61 Å². The fraction of sp³-hybridized carbons (Fsp3) is 0.750. The molecule has 1 unspecified atom stereocenters. The molecule has 7 nitrogen and oxygen atoms in total. The Morgan fingerprint density at radius 3 is 2.92 bits per heavy atom. The Hall–Kier alpha value is -0.710. The topological polar surface area (TPSA) is 71.8 Å². The van der Waals surface area contributed by atoms with Crippen LogP contribution in [0.25, 0.3) is 0 Å². The van der Waals surface area contributed by atoms with Gasteiger partial charge in [-0.3, -0.25) is 9.36 Å². The molecule has 1 aromatic rings. The van der Waals surface area contributed by atoms with Gasteiger partial charge in [0.25, 0.3) is 5.56 Å². The molecule has 8 heteroatoms. The van der Waals surface area contributed by atoms with Gasteiger partial charge >= 0.3 is 6.01 Å². The Kier molecular flexibility index (Phi) is 3.19. The van der Waals surface area contributed by atoms with Gasteiger partial charge in [-0.25, -0.2) is 0 Å². The van der Waals surface area contributed by atoms with Gasteiger partial charge in [0, 0.05) is 29.5 Å². The summed E-state index contributed by atoms with van der Waals surface area (Å²) < 4.78 is 27.9. The first-order valence-electron chi connectivity index (χ1n) is 8.36. The molecule has 130 valence electrons. The zero-order valence-corrected chi connectivity index (χ0v) is 15.5. The summed E-state index contributed by atoms with van der Waals surface area (Å²) >= 11 is 2.36. The summed E-state index contributed by atoms with van der Waals surface area (Å²) in [5, 5.41) is 0. The third-order valence-corrected chi connectivity index (χ3v) is 7.01. The minimum atomic E-state index is -0.654. The van der Waals surface area contributed by atoms with E-state index in [1.807, 2.05) is 0 Å². The molecular weight excluding hydrogens is 427 g/mol. The number of ether oxygens (including phenoxy) is 4. The van der Waals surface area contributed by atoms with Gasteiger partial charge in [0.2, 0.25) is 0 Å². The summed E-state index contributed by atoms with van der Waals surface area (Å²) in [5.74, 6) is -0.517. The van der Waals surface area contributed by atoms with Crippen LogP contribution in [0, 0.1) is 0 Å². The Morgan fingerprint density at radius 2 is 2.17 bits per heavy atom. The van der Waals surface area contributed by atoms with E-state index in [1.165, 1.54) is 6.07 Å². The van der Waals surface area contributed by atoms with Crippen molar-refractivity contribution < 1.29 is 18.9 Å². The van der Waals surface area contributed by atoms with Gasteiger partial charge in [-0.2, -0.15) is 4.98 Å². The molecule has 1 saturated carbocycles. The van der Waals surface area contributed by atoms with Crippen molar-refractivity contribution in [3.63, 3.8) is 0 Å². The number of hydrogen-bond donors (Lipinski definition) is 0. The number of hydrogen-bond acceptors (Lipinski definition) is 6. The first-order chi connectivity index (χ1) is 11.5. The van der Waals surface area contributed by atoms with Gasteiger partial charge in [-0.15, -0.1) is 0 Å². The van der Waals surface area contributed by atoms with Crippen LogP contribution in [0.2, 0.25) is 0 Å². The molecule has 0 aromatic carbocycles. The molecule has 1 aliphatic carbocycles. The highest BCUT2D eigenvalue weighted by Crippen LogP contribution is 2.62. The molecule has 0 radical (unpaired) electrons. The molecule has 24 heavy (non-hydrogen) atoms. The number of halogens is 1. The van der Waals surface area contributed by atoms with Crippen LogP contribution < -0.4 is 10.3 Å². The van der Waals surface area contributed by atoms with Crippen LogP contribution in [-0.2, 0) is 14.2 Å². The molecule has 0 amide bonds. The van der Waals surface area contributed by atoms with E-state index in [1.54, 1.807) is 10.8 Å². The van der Waals surface area contributed by atoms with Crippen LogP contribution in [0.3, 0.4) is 0 Å². The molecule has 4 atom stereocenters. The van der Waals surface area contributed by atoms with E-state index < -0.39 is 23.2 Å². The molecule has 2 saturated heterocycles. The van der Waals surface area contributed by atoms with Gasteiger partial charge in [-0.1, -0.05) is 22.6 Å². The van der Waals surface area contributed by atoms with Crippen molar-refractivity contribution in [1.82, 2.24) is 9.55 Å². The van der Waals surface area contributed by atoms with E-state index in [2.05, 4.69) is 34.5 Å². The highest BCUT2D eigenvalue weighted by Gasteiger charge is 2.75. The van der Waals surface area contributed by atoms with Gasteiger partial charge in [0.1, 0.15) is 23.9 Å². The molecule has 3 fully saturated rings. The molecule has 1 spiro atoms. The third kappa shape index (κ3) is 1.77. The fourth-order valence-corrected chi connectivity index (χ4v) is 6.07. The van der Waals surface area contributed by atoms with Crippen molar-refractivity contribution in [2.45, 2.75) is 61.9 Å². The van der Waals surface area contributed by atoms with Gasteiger partial charge in [0.05, 0.1) is 0 Å². The van der Waals surface area contributed by atoms with Crippen molar-refractivity contribution in [3.8, 4) is 6.01 Å². The van der Waals surface area contributed by atoms with Gasteiger partial charge in [-0.05, 0) is 19.8 Å². The van der Waals surface area contributed by atoms with E-state index in [4.69, 9.17) is 18.9 Å². The van der Waals surface area contributed by atoms with Crippen molar-refractivity contribution in [2.75, 3.05) is 11.0 Å².